The molecule has 0 saturated carbocycles. The molecule has 0 aliphatic carbocycles. The summed E-state index contributed by atoms with van der Waals surface area (Å²) in [6, 6.07) is 6.31. The topological polar surface area (TPSA) is 55.4 Å². The largest absolute Gasteiger partial charge is 0.341 e. The Morgan fingerprint density at radius 3 is 2.71 bits per heavy atom. The Labute approximate surface area is 85.8 Å². The number of carbonyl (C=O) groups excluding carboxylic acids is 2. The minimum atomic E-state index is -0.583. The Hall–Kier alpha value is -1.55. The Kier molecular flexibility index (Phi) is 3.48. The average Bonchev–Trinajstić information content (AvgIpc) is 2.14. The van der Waals surface area contributed by atoms with Gasteiger partial charge in [-0.1, -0.05) is 17.7 Å². The monoisotopic (exact) mass is 213 g/mol. The van der Waals surface area contributed by atoms with Gasteiger partial charge < -0.3 is 4.84 Å². The minimum absolute atomic E-state index is 0.332. The van der Waals surface area contributed by atoms with Crippen LogP contribution in [0.3, 0.4) is 0 Å². The summed E-state index contributed by atoms with van der Waals surface area (Å²) in [7, 11) is 0. The van der Waals surface area contributed by atoms with E-state index in [1.165, 1.54) is 13.0 Å². The van der Waals surface area contributed by atoms with Crippen molar-refractivity contribution in [1.82, 2.24) is 5.48 Å². The van der Waals surface area contributed by atoms with E-state index in [4.69, 9.17) is 11.6 Å². The third-order valence-electron chi connectivity index (χ3n) is 1.37. The Morgan fingerprint density at radius 1 is 1.43 bits per heavy atom. The molecule has 0 aliphatic rings. The van der Waals surface area contributed by atoms with E-state index < -0.39 is 11.9 Å². The molecule has 1 aromatic carbocycles. The molecule has 4 nitrogen and oxygen atoms in total. The van der Waals surface area contributed by atoms with Gasteiger partial charge in [-0.15, -0.1) is 0 Å². The number of hydrogen-bond donors (Lipinski definition) is 1. The number of halogens is 1. The fourth-order valence-electron chi connectivity index (χ4n) is 0.807. The summed E-state index contributed by atoms with van der Waals surface area (Å²) >= 11 is 5.66. The lowest BCUT2D eigenvalue weighted by Gasteiger charge is -2.03. The second kappa shape index (κ2) is 4.62. The summed E-state index contributed by atoms with van der Waals surface area (Å²) in [5.74, 6) is -1.09. The van der Waals surface area contributed by atoms with Crippen molar-refractivity contribution in [2.45, 2.75) is 6.92 Å². The first-order valence-corrected chi connectivity index (χ1v) is 4.20. The van der Waals surface area contributed by atoms with Gasteiger partial charge in [-0.05, 0) is 18.2 Å². The summed E-state index contributed by atoms with van der Waals surface area (Å²) in [5.41, 5.74) is 2.31. The average molecular weight is 214 g/mol. The van der Waals surface area contributed by atoms with Crippen LogP contribution in [-0.4, -0.2) is 11.9 Å². The van der Waals surface area contributed by atoms with Crippen molar-refractivity contribution in [3.05, 3.63) is 34.9 Å². The van der Waals surface area contributed by atoms with Gasteiger partial charge in [-0.3, -0.25) is 9.59 Å². The highest BCUT2D eigenvalue weighted by molar-refractivity contribution is 6.30. The molecular weight excluding hydrogens is 206 g/mol. The summed E-state index contributed by atoms with van der Waals surface area (Å²) < 4.78 is 0. The smallest absolute Gasteiger partial charge is 0.329 e. The maximum atomic E-state index is 11.3. The van der Waals surface area contributed by atoms with Crippen molar-refractivity contribution < 1.29 is 14.4 Å². The van der Waals surface area contributed by atoms with E-state index in [0.717, 1.165) is 0 Å². The quantitative estimate of drug-likeness (QED) is 0.720. The molecule has 14 heavy (non-hydrogen) atoms. The van der Waals surface area contributed by atoms with Crippen LogP contribution in [0.5, 0.6) is 0 Å². The molecule has 0 saturated heterocycles. The molecule has 0 spiro atoms. The summed E-state index contributed by atoms with van der Waals surface area (Å²) in [6.45, 7) is 1.19. The van der Waals surface area contributed by atoms with E-state index in [1.54, 1.807) is 18.2 Å². The maximum Gasteiger partial charge on any atom is 0.329 e. The third kappa shape index (κ3) is 3.06. The Morgan fingerprint density at radius 2 is 2.14 bits per heavy atom. The zero-order valence-corrected chi connectivity index (χ0v) is 8.17. The minimum Gasteiger partial charge on any atom is -0.341 e. The van der Waals surface area contributed by atoms with Crippen LogP contribution in [0, 0.1) is 0 Å². The lowest BCUT2D eigenvalue weighted by Crippen LogP contribution is -2.25. The number of benzene rings is 1. The van der Waals surface area contributed by atoms with Crippen molar-refractivity contribution >= 4 is 23.5 Å². The first kappa shape index (κ1) is 10.5. The van der Waals surface area contributed by atoms with Crippen LogP contribution in [0.2, 0.25) is 5.02 Å². The third-order valence-corrected chi connectivity index (χ3v) is 1.61. The molecule has 0 unspecified atom stereocenters. The second-order valence-corrected chi connectivity index (χ2v) is 2.97. The summed E-state index contributed by atoms with van der Waals surface area (Å²) in [5, 5.41) is 0.445. The highest BCUT2D eigenvalue weighted by atomic mass is 35.5. The van der Waals surface area contributed by atoms with Crippen molar-refractivity contribution in [1.29, 1.82) is 0 Å². The van der Waals surface area contributed by atoms with Gasteiger partial charge in [0.1, 0.15) is 0 Å². The normalized spacial score (nSPS) is 9.29. The summed E-state index contributed by atoms with van der Waals surface area (Å²) in [4.78, 5) is 26.0. The van der Waals surface area contributed by atoms with E-state index in [9.17, 15) is 9.59 Å². The molecule has 1 aromatic rings. The number of amides is 1. The molecule has 0 aromatic heterocycles. The van der Waals surface area contributed by atoms with E-state index in [1.807, 2.05) is 5.48 Å². The molecule has 0 radical (unpaired) electrons. The second-order valence-electron chi connectivity index (χ2n) is 2.54. The van der Waals surface area contributed by atoms with E-state index >= 15 is 0 Å². The zero-order chi connectivity index (χ0) is 10.6. The molecule has 0 aliphatic heterocycles. The lowest BCUT2D eigenvalue weighted by atomic mass is 10.2. The summed E-state index contributed by atoms with van der Waals surface area (Å²) in [6.07, 6.45) is 0. The highest BCUT2D eigenvalue weighted by Crippen LogP contribution is 2.10. The van der Waals surface area contributed by atoms with Gasteiger partial charge in [0.15, 0.2) is 0 Å². The first-order valence-electron chi connectivity index (χ1n) is 3.83. The first-order chi connectivity index (χ1) is 6.59. The molecule has 0 bridgehead atoms. The van der Waals surface area contributed by atoms with Gasteiger partial charge in [-0.2, -0.15) is 5.48 Å². The van der Waals surface area contributed by atoms with Crippen molar-refractivity contribution in [3.8, 4) is 0 Å². The predicted octanol–water partition coefficient (Wildman–Crippen LogP) is 1.55. The highest BCUT2D eigenvalue weighted by Gasteiger charge is 2.06. The standard InChI is InChI=1S/C9H8ClNO3/c1-6(12)14-11-9(13)7-3-2-4-8(10)5-7/h2-5H,1H3,(H,11,13). The molecule has 0 heterocycles. The van der Waals surface area contributed by atoms with Crippen LogP contribution in [0.25, 0.3) is 0 Å². The number of nitrogens with one attached hydrogen (secondary N) is 1. The van der Waals surface area contributed by atoms with Crippen molar-refractivity contribution in [2.75, 3.05) is 0 Å². The molecule has 0 atom stereocenters. The molecular formula is C9H8ClNO3. The van der Waals surface area contributed by atoms with E-state index in [2.05, 4.69) is 4.84 Å². The Balaban J connectivity index is 2.65. The van der Waals surface area contributed by atoms with Crippen LogP contribution >= 0.6 is 11.6 Å². The van der Waals surface area contributed by atoms with Crippen LogP contribution < -0.4 is 5.48 Å². The zero-order valence-electron chi connectivity index (χ0n) is 7.41. The molecule has 1 N–H and O–H groups in total. The number of carbonyl (C=O) groups is 2. The molecule has 1 rings (SSSR count). The van der Waals surface area contributed by atoms with Crippen LogP contribution in [-0.2, 0) is 9.63 Å². The molecule has 0 fully saturated rings. The van der Waals surface area contributed by atoms with E-state index in [0.29, 0.717) is 10.6 Å². The van der Waals surface area contributed by atoms with Gasteiger partial charge in [-0.25, -0.2) is 0 Å². The van der Waals surface area contributed by atoms with Gasteiger partial charge in [0.05, 0.1) is 0 Å². The Bertz CT molecular complexity index is 365. The van der Waals surface area contributed by atoms with Gasteiger partial charge >= 0.3 is 5.97 Å². The van der Waals surface area contributed by atoms with Gasteiger partial charge in [0.2, 0.25) is 0 Å². The lowest BCUT2D eigenvalue weighted by molar-refractivity contribution is -0.146. The number of hydrogen-bond acceptors (Lipinski definition) is 3. The van der Waals surface area contributed by atoms with Crippen molar-refractivity contribution in [2.24, 2.45) is 0 Å². The molecule has 1 amide bonds. The molecule has 74 valence electrons. The maximum absolute atomic E-state index is 11.3. The SMILES string of the molecule is CC(=O)ONC(=O)c1cccc(Cl)c1. The fraction of sp³-hybridized carbons (Fsp3) is 0.111. The van der Waals surface area contributed by atoms with Crippen molar-refractivity contribution in [3.63, 3.8) is 0 Å². The molecule has 5 heteroatoms. The number of hydroxylamine groups is 1. The van der Waals surface area contributed by atoms with Crippen LogP contribution in [0.1, 0.15) is 17.3 Å². The van der Waals surface area contributed by atoms with E-state index in [-0.39, 0.29) is 0 Å². The van der Waals surface area contributed by atoms with Crippen LogP contribution in [0.4, 0.5) is 0 Å². The fourth-order valence-corrected chi connectivity index (χ4v) is 0.997. The van der Waals surface area contributed by atoms with Crippen LogP contribution in [0.15, 0.2) is 24.3 Å². The van der Waals surface area contributed by atoms with Gasteiger partial charge in [0.25, 0.3) is 5.91 Å². The van der Waals surface area contributed by atoms with Gasteiger partial charge in [0, 0.05) is 17.5 Å². The predicted molar refractivity (Wildman–Crippen MR) is 50.7 cm³/mol. The number of rotatable bonds is 1.